The molecule has 1 amide bonds. The SMILES string of the molecule is CC(C)c1ccc(Oc2ncnc(NNC(=O)c3ccc(Br)cc3)c2N)cc1. The first-order chi connectivity index (χ1) is 13.4. The highest BCUT2D eigenvalue weighted by atomic mass is 79.9. The van der Waals surface area contributed by atoms with Crippen LogP contribution in [0.15, 0.2) is 59.3 Å². The first kappa shape index (κ1) is 19.6. The van der Waals surface area contributed by atoms with E-state index in [9.17, 15) is 4.79 Å². The minimum Gasteiger partial charge on any atom is -0.437 e. The summed E-state index contributed by atoms with van der Waals surface area (Å²) in [6, 6.07) is 14.7. The number of anilines is 2. The molecule has 0 aliphatic heterocycles. The average molecular weight is 442 g/mol. The van der Waals surface area contributed by atoms with E-state index in [1.807, 2.05) is 24.3 Å². The Hall–Kier alpha value is -3.13. The Balaban J connectivity index is 1.68. The number of rotatable bonds is 6. The van der Waals surface area contributed by atoms with Gasteiger partial charge in [-0.05, 0) is 47.9 Å². The van der Waals surface area contributed by atoms with Crippen LogP contribution in [-0.4, -0.2) is 15.9 Å². The van der Waals surface area contributed by atoms with Gasteiger partial charge in [-0.2, -0.15) is 4.98 Å². The molecule has 0 atom stereocenters. The lowest BCUT2D eigenvalue weighted by Crippen LogP contribution is -2.30. The number of amides is 1. The van der Waals surface area contributed by atoms with Crippen LogP contribution in [0.4, 0.5) is 11.5 Å². The molecule has 28 heavy (non-hydrogen) atoms. The summed E-state index contributed by atoms with van der Waals surface area (Å²) in [6.07, 6.45) is 1.31. The van der Waals surface area contributed by atoms with Crippen LogP contribution in [0.25, 0.3) is 0 Å². The Morgan fingerprint density at radius 2 is 1.75 bits per heavy atom. The largest absolute Gasteiger partial charge is 0.437 e. The fourth-order valence-corrected chi connectivity index (χ4v) is 2.65. The number of hydrogen-bond acceptors (Lipinski definition) is 6. The van der Waals surface area contributed by atoms with Crippen molar-refractivity contribution in [1.82, 2.24) is 15.4 Å². The van der Waals surface area contributed by atoms with Crippen molar-refractivity contribution in [2.24, 2.45) is 0 Å². The standard InChI is InChI=1S/C20H20BrN5O2/c1-12(2)13-5-9-16(10-6-13)28-20-17(22)18(23-11-24-20)25-26-19(27)14-3-7-15(21)8-4-14/h3-12H,22H2,1-2H3,(H,26,27)(H,23,24,25). The number of benzene rings is 2. The molecule has 0 saturated heterocycles. The van der Waals surface area contributed by atoms with Crippen molar-refractivity contribution in [3.05, 3.63) is 70.5 Å². The molecule has 0 bridgehead atoms. The van der Waals surface area contributed by atoms with E-state index in [1.54, 1.807) is 24.3 Å². The van der Waals surface area contributed by atoms with Crippen LogP contribution in [0.1, 0.15) is 35.7 Å². The zero-order chi connectivity index (χ0) is 20.1. The molecule has 2 aromatic carbocycles. The molecule has 3 aromatic rings. The molecule has 0 saturated carbocycles. The van der Waals surface area contributed by atoms with Crippen molar-refractivity contribution >= 4 is 33.3 Å². The van der Waals surface area contributed by atoms with Gasteiger partial charge < -0.3 is 10.5 Å². The number of carbonyl (C=O) groups is 1. The second-order valence-corrected chi connectivity index (χ2v) is 7.27. The molecule has 3 rings (SSSR count). The minimum absolute atomic E-state index is 0.187. The first-order valence-corrected chi connectivity index (χ1v) is 9.43. The van der Waals surface area contributed by atoms with E-state index in [0.29, 0.717) is 17.2 Å². The lowest BCUT2D eigenvalue weighted by atomic mass is 10.0. The fourth-order valence-electron chi connectivity index (χ4n) is 2.38. The number of hydrazine groups is 1. The fraction of sp³-hybridized carbons (Fsp3) is 0.150. The Morgan fingerprint density at radius 3 is 2.39 bits per heavy atom. The zero-order valence-corrected chi connectivity index (χ0v) is 17.0. The number of nitrogen functional groups attached to an aromatic ring is 1. The third-order valence-corrected chi connectivity index (χ3v) is 4.54. The molecular weight excluding hydrogens is 422 g/mol. The van der Waals surface area contributed by atoms with E-state index in [0.717, 1.165) is 4.47 Å². The number of hydrogen-bond donors (Lipinski definition) is 3. The van der Waals surface area contributed by atoms with E-state index in [1.165, 1.54) is 11.9 Å². The summed E-state index contributed by atoms with van der Waals surface area (Å²) in [5.74, 6) is 1.17. The molecule has 144 valence electrons. The number of carbonyl (C=O) groups excluding carboxylic acids is 1. The predicted octanol–water partition coefficient (Wildman–Crippen LogP) is 4.49. The van der Waals surface area contributed by atoms with Crippen LogP contribution in [0, 0.1) is 0 Å². The van der Waals surface area contributed by atoms with Crippen molar-refractivity contribution in [2.75, 3.05) is 11.2 Å². The third kappa shape index (κ3) is 4.77. The van der Waals surface area contributed by atoms with Gasteiger partial charge in [0.1, 0.15) is 17.8 Å². The number of aromatic nitrogens is 2. The smallest absolute Gasteiger partial charge is 0.269 e. The topological polar surface area (TPSA) is 102 Å². The van der Waals surface area contributed by atoms with Crippen molar-refractivity contribution in [3.8, 4) is 11.6 Å². The monoisotopic (exact) mass is 441 g/mol. The lowest BCUT2D eigenvalue weighted by molar-refractivity contribution is 0.0962. The Morgan fingerprint density at radius 1 is 1.07 bits per heavy atom. The van der Waals surface area contributed by atoms with Crippen molar-refractivity contribution in [1.29, 1.82) is 0 Å². The third-order valence-electron chi connectivity index (χ3n) is 4.01. The van der Waals surface area contributed by atoms with E-state index in [2.05, 4.69) is 50.6 Å². The van der Waals surface area contributed by atoms with Gasteiger partial charge in [-0.15, -0.1) is 0 Å². The summed E-state index contributed by atoms with van der Waals surface area (Å²) in [6.45, 7) is 4.25. The van der Waals surface area contributed by atoms with Gasteiger partial charge in [-0.25, -0.2) is 4.98 Å². The molecule has 0 radical (unpaired) electrons. The summed E-state index contributed by atoms with van der Waals surface area (Å²) in [7, 11) is 0. The highest BCUT2D eigenvalue weighted by Crippen LogP contribution is 2.29. The zero-order valence-electron chi connectivity index (χ0n) is 15.4. The number of nitrogens with zero attached hydrogens (tertiary/aromatic N) is 2. The Kier molecular flexibility index (Phi) is 6.10. The highest BCUT2D eigenvalue weighted by molar-refractivity contribution is 9.10. The Labute approximate surface area is 171 Å². The molecule has 0 spiro atoms. The summed E-state index contributed by atoms with van der Waals surface area (Å²) in [4.78, 5) is 20.3. The number of nitrogens with one attached hydrogen (secondary N) is 2. The quantitative estimate of drug-likeness (QED) is 0.486. The van der Waals surface area contributed by atoms with Crippen molar-refractivity contribution < 1.29 is 9.53 Å². The van der Waals surface area contributed by atoms with Crippen molar-refractivity contribution in [2.45, 2.75) is 19.8 Å². The van der Waals surface area contributed by atoms with E-state index < -0.39 is 0 Å². The van der Waals surface area contributed by atoms with Crippen LogP contribution in [0.2, 0.25) is 0 Å². The van der Waals surface area contributed by atoms with Gasteiger partial charge in [0.15, 0.2) is 5.82 Å². The number of nitrogens with two attached hydrogens (primary N) is 1. The van der Waals surface area contributed by atoms with Crippen molar-refractivity contribution in [3.63, 3.8) is 0 Å². The van der Waals surface area contributed by atoms with Crippen LogP contribution < -0.4 is 21.3 Å². The summed E-state index contributed by atoms with van der Waals surface area (Å²) < 4.78 is 6.64. The second-order valence-electron chi connectivity index (χ2n) is 6.35. The molecule has 0 unspecified atom stereocenters. The summed E-state index contributed by atoms with van der Waals surface area (Å²) in [5, 5.41) is 0. The lowest BCUT2D eigenvalue weighted by Gasteiger charge is -2.13. The Bertz CT molecular complexity index is 959. The van der Waals surface area contributed by atoms with Gasteiger partial charge in [0, 0.05) is 10.0 Å². The summed E-state index contributed by atoms with van der Waals surface area (Å²) >= 11 is 3.33. The van der Waals surface area contributed by atoms with Gasteiger partial charge in [0.25, 0.3) is 5.91 Å². The van der Waals surface area contributed by atoms with Crippen LogP contribution >= 0.6 is 15.9 Å². The molecular formula is C20H20BrN5O2. The van der Waals surface area contributed by atoms with Gasteiger partial charge in [0.05, 0.1) is 0 Å². The molecule has 7 nitrogen and oxygen atoms in total. The first-order valence-electron chi connectivity index (χ1n) is 8.64. The van der Waals surface area contributed by atoms with Gasteiger partial charge in [-0.3, -0.25) is 15.6 Å². The molecule has 0 fully saturated rings. The predicted molar refractivity (Wildman–Crippen MR) is 112 cm³/mol. The molecule has 0 aliphatic rings. The van der Waals surface area contributed by atoms with Crippen LogP contribution in [0.3, 0.4) is 0 Å². The molecule has 1 aromatic heterocycles. The maximum absolute atomic E-state index is 12.2. The van der Waals surface area contributed by atoms with Crippen LogP contribution in [-0.2, 0) is 0 Å². The molecule has 4 N–H and O–H groups in total. The highest BCUT2D eigenvalue weighted by Gasteiger charge is 2.12. The van der Waals surface area contributed by atoms with Gasteiger partial charge in [-0.1, -0.05) is 41.9 Å². The molecule has 1 heterocycles. The van der Waals surface area contributed by atoms with E-state index in [4.69, 9.17) is 10.5 Å². The maximum atomic E-state index is 12.2. The van der Waals surface area contributed by atoms with E-state index >= 15 is 0 Å². The maximum Gasteiger partial charge on any atom is 0.269 e. The average Bonchev–Trinajstić information content (AvgIpc) is 2.69. The van der Waals surface area contributed by atoms with Gasteiger partial charge >= 0.3 is 0 Å². The summed E-state index contributed by atoms with van der Waals surface area (Å²) in [5.41, 5.74) is 13.2. The number of halogens is 1. The second kappa shape index (κ2) is 8.71. The van der Waals surface area contributed by atoms with Gasteiger partial charge in [0.2, 0.25) is 5.88 Å². The van der Waals surface area contributed by atoms with E-state index in [-0.39, 0.29) is 23.3 Å². The minimum atomic E-state index is -0.322. The normalized spacial score (nSPS) is 10.6. The molecule has 0 aliphatic carbocycles. The number of ether oxygens (including phenoxy) is 1. The molecule has 8 heteroatoms. The van der Waals surface area contributed by atoms with Crippen LogP contribution in [0.5, 0.6) is 11.6 Å².